The molecule has 1 unspecified atom stereocenters. The van der Waals surface area contributed by atoms with E-state index in [-0.39, 0.29) is 11.9 Å². The van der Waals surface area contributed by atoms with E-state index in [2.05, 4.69) is 46.4 Å². The molecule has 0 radical (unpaired) electrons. The molecule has 20 heavy (non-hydrogen) atoms. The first-order chi connectivity index (χ1) is 9.63. The highest BCUT2D eigenvalue weighted by Crippen LogP contribution is 2.31. The zero-order valence-electron chi connectivity index (χ0n) is 10.9. The van der Waals surface area contributed by atoms with Crippen molar-refractivity contribution in [2.75, 3.05) is 5.32 Å². The van der Waals surface area contributed by atoms with Gasteiger partial charge in [-0.3, -0.25) is 0 Å². The Bertz CT molecular complexity index is 720. The molecule has 0 aliphatic heterocycles. The van der Waals surface area contributed by atoms with Crippen LogP contribution in [0.25, 0.3) is 10.1 Å². The van der Waals surface area contributed by atoms with E-state index < -0.39 is 0 Å². The number of hydrogen-bond acceptors (Lipinski definition) is 2. The van der Waals surface area contributed by atoms with Gasteiger partial charge in [0.25, 0.3) is 0 Å². The van der Waals surface area contributed by atoms with Gasteiger partial charge in [0, 0.05) is 15.3 Å². The normalized spacial score (nSPS) is 12.6. The molecule has 1 heterocycles. The Morgan fingerprint density at radius 2 is 1.95 bits per heavy atom. The standard InChI is InChI=1S/C16H13BrFNS/c1-10(19-12-6-7-13(17)14(18)9-12)16-8-11-4-2-3-5-15(11)20-16/h2-10,19H,1H3. The van der Waals surface area contributed by atoms with Crippen LogP contribution in [-0.2, 0) is 0 Å². The fraction of sp³-hybridized carbons (Fsp3) is 0.125. The molecule has 0 bridgehead atoms. The highest BCUT2D eigenvalue weighted by molar-refractivity contribution is 9.10. The molecule has 0 saturated heterocycles. The van der Waals surface area contributed by atoms with Gasteiger partial charge in [0.15, 0.2) is 0 Å². The summed E-state index contributed by atoms with van der Waals surface area (Å²) < 4.78 is 15.3. The molecule has 1 nitrogen and oxygen atoms in total. The number of nitrogens with one attached hydrogen (secondary N) is 1. The predicted octanol–water partition coefficient (Wildman–Crippen LogP) is 5.98. The Labute approximate surface area is 129 Å². The first-order valence-corrected chi connectivity index (χ1v) is 7.94. The van der Waals surface area contributed by atoms with Gasteiger partial charge in [0.05, 0.1) is 10.5 Å². The third-order valence-corrected chi connectivity index (χ3v) is 5.12. The van der Waals surface area contributed by atoms with Gasteiger partial charge in [0.1, 0.15) is 5.82 Å². The summed E-state index contributed by atoms with van der Waals surface area (Å²) in [7, 11) is 0. The zero-order valence-corrected chi connectivity index (χ0v) is 13.3. The molecule has 102 valence electrons. The van der Waals surface area contributed by atoms with E-state index in [1.807, 2.05) is 18.2 Å². The average Bonchev–Trinajstić information content (AvgIpc) is 2.87. The van der Waals surface area contributed by atoms with Crippen LogP contribution in [0.4, 0.5) is 10.1 Å². The van der Waals surface area contributed by atoms with E-state index in [1.54, 1.807) is 17.4 Å². The van der Waals surface area contributed by atoms with Crippen molar-refractivity contribution in [2.45, 2.75) is 13.0 Å². The number of hydrogen-bond donors (Lipinski definition) is 1. The second-order valence-electron chi connectivity index (χ2n) is 4.68. The number of benzene rings is 2. The molecule has 1 aromatic heterocycles. The molecule has 3 rings (SSSR count). The molecule has 0 saturated carbocycles. The third kappa shape index (κ3) is 2.72. The zero-order chi connectivity index (χ0) is 14.1. The maximum Gasteiger partial charge on any atom is 0.139 e. The highest BCUT2D eigenvalue weighted by atomic mass is 79.9. The van der Waals surface area contributed by atoms with Crippen molar-refractivity contribution in [1.82, 2.24) is 0 Å². The van der Waals surface area contributed by atoms with Crippen LogP contribution >= 0.6 is 27.3 Å². The first-order valence-electron chi connectivity index (χ1n) is 6.33. The molecular weight excluding hydrogens is 337 g/mol. The quantitative estimate of drug-likeness (QED) is 0.613. The minimum absolute atomic E-state index is 0.146. The molecule has 0 fully saturated rings. The van der Waals surface area contributed by atoms with Crippen LogP contribution in [0.15, 0.2) is 53.0 Å². The summed E-state index contributed by atoms with van der Waals surface area (Å²) in [5, 5.41) is 4.59. The molecule has 0 spiro atoms. The van der Waals surface area contributed by atoms with E-state index >= 15 is 0 Å². The highest BCUT2D eigenvalue weighted by Gasteiger charge is 2.10. The lowest BCUT2D eigenvalue weighted by molar-refractivity contribution is 0.621. The number of rotatable bonds is 3. The SMILES string of the molecule is CC(Nc1ccc(Br)c(F)c1)c1cc2ccccc2s1. The molecule has 2 aromatic carbocycles. The topological polar surface area (TPSA) is 12.0 Å². The van der Waals surface area contributed by atoms with Gasteiger partial charge in [-0.25, -0.2) is 4.39 Å². The predicted molar refractivity (Wildman–Crippen MR) is 88.0 cm³/mol. The maximum absolute atomic E-state index is 13.5. The summed E-state index contributed by atoms with van der Waals surface area (Å²) in [5.41, 5.74) is 0.788. The van der Waals surface area contributed by atoms with Crippen LogP contribution in [-0.4, -0.2) is 0 Å². The van der Waals surface area contributed by atoms with E-state index in [0.717, 1.165) is 5.69 Å². The summed E-state index contributed by atoms with van der Waals surface area (Å²) in [6.45, 7) is 2.09. The Hall–Kier alpha value is -1.39. The lowest BCUT2D eigenvalue weighted by Gasteiger charge is -2.13. The van der Waals surface area contributed by atoms with Crippen LogP contribution in [0.3, 0.4) is 0 Å². The van der Waals surface area contributed by atoms with Gasteiger partial charge in [0.2, 0.25) is 0 Å². The second-order valence-corrected chi connectivity index (χ2v) is 6.65. The summed E-state index contributed by atoms with van der Waals surface area (Å²) in [5.74, 6) is -0.251. The number of anilines is 1. The molecular formula is C16H13BrFNS. The molecule has 0 aliphatic carbocycles. The van der Waals surface area contributed by atoms with E-state index in [0.29, 0.717) is 4.47 Å². The van der Waals surface area contributed by atoms with Gasteiger partial charge >= 0.3 is 0 Å². The Kier molecular flexibility index (Phi) is 3.76. The van der Waals surface area contributed by atoms with Crippen LogP contribution in [0.5, 0.6) is 0 Å². The van der Waals surface area contributed by atoms with Crippen molar-refractivity contribution in [1.29, 1.82) is 0 Å². The van der Waals surface area contributed by atoms with Gasteiger partial charge in [-0.05, 0) is 58.6 Å². The molecule has 4 heteroatoms. The van der Waals surface area contributed by atoms with E-state index in [9.17, 15) is 4.39 Å². The second kappa shape index (κ2) is 5.54. The van der Waals surface area contributed by atoms with Crippen molar-refractivity contribution in [2.24, 2.45) is 0 Å². The smallest absolute Gasteiger partial charge is 0.139 e. The van der Waals surface area contributed by atoms with Crippen molar-refractivity contribution >= 4 is 43.0 Å². The molecule has 3 aromatic rings. The average molecular weight is 350 g/mol. The van der Waals surface area contributed by atoms with Crippen LogP contribution in [0.1, 0.15) is 17.8 Å². The monoisotopic (exact) mass is 349 g/mol. The van der Waals surface area contributed by atoms with Crippen molar-refractivity contribution in [3.63, 3.8) is 0 Å². The lowest BCUT2D eigenvalue weighted by Crippen LogP contribution is -2.04. The molecule has 1 N–H and O–H groups in total. The Morgan fingerprint density at radius 3 is 2.70 bits per heavy atom. The van der Waals surface area contributed by atoms with Crippen LogP contribution in [0, 0.1) is 5.82 Å². The van der Waals surface area contributed by atoms with Crippen molar-refractivity contribution < 1.29 is 4.39 Å². The Morgan fingerprint density at radius 1 is 1.15 bits per heavy atom. The van der Waals surface area contributed by atoms with Crippen LogP contribution < -0.4 is 5.32 Å². The fourth-order valence-corrected chi connectivity index (χ4v) is 3.44. The summed E-state index contributed by atoms with van der Waals surface area (Å²) in [4.78, 5) is 1.24. The van der Waals surface area contributed by atoms with Crippen molar-refractivity contribution in [3.05, 3.63) is 63.7 Å². The van der Waals surface area contributed by atoms with Gasteiger partial charge in [-0.1, -0.05) is 18.2 Å². The summed E-state index contributed by atoms with van der Waals surface area (Å²) in [6.07, 6.45) is 0. The van der Waals surface area contributed by atoms with Crippen molar-refractivity contribution in [3.8, 4) is 0 Å². The molecule has 1 atom stereocenters. The van der Waals surface area contributed by atoms with Gasteiger partial charge < -0.3 is 5.32 Å². The fourth-order valence-electron chi connectivity index (χ4n) is 2.12. The number of thiophene rings is 1. The minimum Gasteiger partial charge on any atom is -0.378 e. The minimum atomic E-state index is -0.251. The summed E-state index contributed by atoms with van der Waals surface area (Å²) >= 11 is 4.93. The first kappa shape index (κ1) is 13.6. The molecule has 0 amide bonds. The van der Waals surface area contributed by atoms with Gasteiger partial charge in [-0.15, -0.1) is 11.3 Å². The third-order valence-electron chi connectivity index (χ3n) is 3.17. The number of fused-ring (bicyclic) bond motifs is 1. The van der Waals surface area contributed by atoms with Crippen LogP contribution in [0.2, 0.25) is 0 Å². The van der Waals surface area contributed by atoms with E-state index in [4.69, 9.17) is 0 Å². The summed E-state index contributed by atoms with van der Waals surface area (Å²) in [6, 6.07) is 15.8. The maximum atomic E-state index is 13.5. The lowest BCUT2D eigenvalue weighted by atomic mass is 10.2. The van der Waals surface area contributed by atoms with E-state index in [1.165, 1.54) is 21.0 Å². The Balaban J connectivity index is 1.84. The molecule has 0 aliphatic rings. The number of halogens is 2. The largest absolute Gasteiger partial charge is 0.378 e. The van der Waals surface area contributed by atoms with Gasteiger partial charge in [-0.2, -0.15) is 0 Å².